The van der Waals surface area contributed by atoms with Crippen LogP contribution in [-0.4, -0.2) is 39.0 Å². The summed E-state index contributed by atoms with van der Waals surface area (Å²) >= 11 is 2.60. The van der Waals surface area contributed by atoms with Crippen molar-refractivity contribution in [1.29, 1.82) is 0 Å². The van der Waals surface area contributed by atoms with Crippen LogP contribution in [0.25, 0.3) is 0 Å². The molecule has 0 atom stereocenters. The van der Waals surface area contributed by atoms with Gasteiger partial charge in [0, 0.05) is 11.9 Å². The van der Waals surface area contributed by atoms with Gasteiger partial charge in [-0.05, 0) is 43.5 Å². The molecule has 0 aliphatic rings. The van der Waals surface area contributed by atoms with E-state index in [1.165, 1.54) is 28.7 Å². The number of carbonyl (C=O) groups is 2. The number of hydrogen-bond acceptors (Lipinski definition) is 8. The van der Waals surface area contributed by atoms with Crippen molar-refractivity contribution in [2.75, 3.05) is 17.7 Å². The first-order valence-corrected chi connectivity index (χ1v) is 12.4. The summed E-state index contributed by atoms with van der Waals surface area (Å²) in [5.74, 6) is 1.34. The molecule has 3 aromatic rings. The summed E-state index contributed by atoms with van der Waals surface area (Å²) in [5, 5.41) is 12.2. The van der Waals surface area contributed by atoms with E-state index in [9.17, 15) is 9.59 Å². The third kappa shape index (κ3) is 6.58. The number of anilines is 1. The van der Waals surface area contributed by atoms with Gasteiger partial charge in [-0.25, -0.2) is 4.79 Å². The molecule has 0 saturated carbocycles. The average Bonchev–Trinajstić information content (AvgIpc) is 3.33. The molecule has 33 heavy (non-hydrogen) atoms. The maximum absolute atomic E-state index is 12.5. The predicted octanol–water partition coefficient (Wildman–Crippen LogP) is 4.79. The molecule has 10 heteroatoms. The first kappa shape index (κ1) is 24.8. The van der Waals surface area contributed by atoms with Gasteiger partial charge in [-0.3, -0.25) is 4.79 Å². The summed E-state index contributed by atoms with van der Waals surface area (Å²) in [7, 11) is 1.84. The number of aromatic nitrogens is 3. The van der Waals surface area contributed by atoms with Gasteiger partial charge in [0.05, 0.1) is 17.9 Å². The number of nitrogens with one attached hydrogen (secondary N) is 1. The predicted molar refractivity (Wildman–Crippen MR) is 130 cm³/mol. The zero-order chi connectivity index (χ0) is 24.0. The van der Waals surface area contributed by atoms with Crippen LogP contribution in [0, 0.1) is 6.92 Å². The van der Waals surface area contributed by atoms with Gasteiger partial charge in [0.25, 0.3) is 0 Å². The van der Waals surface area contributed by atoms with Gasteiger partial charge in [-0.15, -0.1) is 21.5 Å². The minimum absolute atomic E-state index is 0.128. The molecule has 0 fully saturated rings. The molecular weight excluding hydrogens is 460 g/mol. The second kappa shape index (κ2) is 11.3. The minimum atomic E-state index is -0.443. The first-order chi connectivity index (χ1) is 15.8. The largest absolute Gasteiger partial charge is 0.486 e. The molecule has 0 aliphatic heterocycles. The van der Waals surface area contributed by atoms with Crippen molar-refractivity contribution in [1.82, 2.24) is 14.8 Å². The molecule has 1 aromatic carbocycles. The number of rotatable bonds is 10. The van der Waals surface area contributed by atoms with E-state index in [0.717, 1.165) is 10.6 Å². The Balaban J connectivity index is 1.54. The van der Waals surface area contributed by atoms with Crippen LogP contribution in [0.5, 0.6) is 5.75 Å². The molecular formula is C23H28N4O4S2. The maximum Gasteiger partial charge on any atom is 0.341 e. The van der Waals surface area contributed by atoms with Gasteiger partial charge in [0.15, 0.2) is 11.0 Å². The number of ether oxygens (including phenoxy) is 2. The molecule has 176 valence electrons. The van der Waals surface area contributed by atoms with Gasteiger partial charge in [-0.2, -0.15) is 0 Å². The molecule has 0 aliphatic carbocycles. The Morgan fingerprint density at radius 3 is 2.61 bits per heavy atom. The maximum atomic E-state index is 12.5. The van der Waals surface area contributed by atoms with E-state index < -0.39 is 5.97 Å². The van der Waals surface area contributed by atoms with Crippen LogP contribution in [0.1, 0.15) is 53.3 Å². The number of amides is 1. The van der Waals surface area contributed by atoms with Crippen LogP contribution in [0.4, 0.5) is 5.00 Å². The van der Waals surface area contributed by atoms with Crippen molar-refractivity contribution in [3.05, 3.63) is 52.2 Å². The van der Waals surface area contributed by atoms with Gasteiger partial charge >= 0.3 is 5.97 Å². The van der Waals surface area contributed by atoms with Crippen molar-refractivity contribution < 1.29 is 19.1 Å². The van der Waals surface area contributed by atoms with Crippen molar-refractivity contribution in [2.24, 2.45) is 7.05 Å². The third-order valence-electron chi connectivity index (χ3n) is 4.78. The fraction of sp³-hybridized carbons (Fsp3) is 0.391. The van der Waals surface area contributed by atoms with Crippen LogP contribution in [0.2, 0.25) is 0 Å². The smallest absolute Gasteiger partial charge is 0.341 e. The third-order valence-corrected chi connectivity index (χ3v) is 6.76. The second-order valence-corrected chi connectivity index (χ2v) is 9.83. The Labute approximate surface area is 201 Å². The highest BCUT2D eigenvalue weighted by Gasteiger charge is 2.19. The van der Waals surface area contributed by atoms with E-state index in [1.54, 1.807) is 17.6 Å². The molecule has 1 amide bonds. The summed E-state index contributed by atoms with van der Waals surface area (Å²) in [6.45, 7) is 8.47. The summed E-state index contributed by atoms with van der Waals surface area (Å²) in [6.07, 6.45) is 0. The normalized spacial score (nSPS) is 11.0. The number of esters is 1. The molecule has 2 heterocycles. The van der Waals surface area contributed by atoms with Gasteiger partial charge in [0.1, 0.15) is 17.4 Å². The fourth-order valence-corrected chi connectivity index (χ4v) is 4.60. The lowest BCUT2D eigenvalue weighted by molar-refractivity contribution is -0.113. The number of benzene rings is 1. The topological polar surface area (TPSA) is 95.3 Å². The molecule has 1 N–H and O–H groups in total. The number of thioether (sulfide) groups is 1. The summed E-state index contributed by atoms with van der Waals surface area (Å²) < 4.78 is 12.7. The van der Waals surface area contributed by atoms with Crippen molar-refractivity contribution >= 4 is 40.0 Å². The highest BCUT2D eigenvalue weighted by molar-refractivity contribution is 7.99. The van der Waals surface area contributed by atoms with Crippen molar-refractivity contribution in [3.63, 3.8) is 0 Å². The first-order valence-electron chi connectivity index (χ1n) is 10.6. The minimum Gasteiger partial charge on any atom is -0.486 e. The molecule has 0 unspecified atom stereocenters. The average molecular weight is 489 g/mol. The summed E-state index contributed by atoms with van der Waals surface area (Å²) in [5.41, 5.74) is 1.63. The number of hydrogen-bond donors (Lipinski definition) is 1. The number of thiophene rings is 1. The van der Waals surface area contributed by atoms with E-state index in [0.29, 0.717) is 27.5 Å². The lowest BCUT2D eigenvalue weighted by Crippen LogP contribution is -2.16. The van der Waals surface area contributed by atoms with Crippen LogP contribution < -0.4 is 10.1 Å². The van der Waals surface area contributed by atoms with Crippen LogP contribution in [-0.2, 0) is 23.2 Å². The Morgan fingerprint density at radius 1 is 1.21 bits per heavy atom. The van der Waals surface area contributed by atoms with Crippen molar-refractivity contribution in [2.45, 2.75) is 45.4 Å². The standard InChI is InChI=1S/C23H28N4O4S2/c1-6-30-22(29)18-11-15(4)33-21(18)24-20(28)13-32-23-26-25-19(27(23)5)12-31-17-9-7-16(8-10-17)14(2)3/h7-11,14H,6,12-13H2,1-5H3,(H,24,28). The summed E-state index contributed by atoms with van der Waals surface area (Å²) in [4.78, 5) is 25.5. The fourth-order valence-electron chi connectivity index (χ4n) is 2.95. The molecule has 3 rings (SSSR count). The SMILES string of the molecule is CCOC(=O)c1cc(C)sc1NC(=O)CSc1nnc(COc2ccc(C(C)C)cc2)n1C. The quantitative estimate of drug-likeness (QED) is 0.324. The Morgan fingerprint density at radius 2 is 1.94 bits per heavy atom. The van der Waals surface area contributed by atoms with E-state index >= 15 is 0 Å². The second-order valence-electron chi connectivity index (χ2n) is 7.63. The van der Waals surface area contributed by atoms with Gasteiger partial charge in [0.2, 0.25) is 5.91 Å². The monoisotopic (exact) mass is 488 g/mol. The Kier molecular flexibility index (Phi) is 8.51. The lowest BCUT2D eigenvalue weighted by Gasteiger charge is -2.09. The molecule has 2 aromatic heterocycles. The van der Waals surface area contributed by atoms with E-state index in [2.05, 4.69) is 41.5 Å². The van der Waals surface area contributed by atoms with Crippen LogP contribution in [0.3, 0.4) is 0 Å². The molecule has 0 radical (unpaired) electrons. The highest BCUT2D eigenvalue weighted by Crippen LogP contribution is 2.29. The van der Waals surface area contributed by atoms with Gasteiger partial charge in [-0.1, -0.05) is 37.7 Å². The van der Waals surface area contributed by atoms with Crippen LogP contribution in [0.15, 0.2) is 35.5 Å². The molecule has 0 bridgehead atoms. The number of nitrogens with zero attached hydrogens (tertiary/aromatic N) is 3. The van der Waals surface area contributed by atoms with E-state index in [1.807, 2.05) is 26.1 Å². The zero-order valence-corrected chi connectivity index (χ0v) is 21.0. The molecule has 0 saturated heterocycles. The van der Waals surface area contributed by atoms with Crippen molar-refractivity contribution in [3.8, 4) is 5.75 Å². The lowest BCUT2D eigenvalue weighted by atomic mass is 10.0. The van der Waals surface area contributed by atoms with E-state index in [-0.39, 0.29) is 24.9 Å². The summed E-state index contributed by atoms with van der Waals surface area (Å²) in [6, 6.07) is 9.72. The Bertz CT molecular complexity index is 1110. The Hall–Kier alpha value is -2.85. The highest BCUT2D eigenvalue weighted by atomic mass is 32.2. The van der Waals surface area contributed by atoms with Crippen LogP contribution >= 0.6 is 23.1 Å². The number of carbonyl (C=O) groups excluding carboxylic acids is 2. The zero-order valence-electron chi connectivity index (χ0n) is 19.4. The number of aryl methyl sites for hydroxylation is 1. The van der Waals surface area contributed by atoms with E-state index in [4.69, 9.17) is 9.47 Å². The molecule has 0 spiro atoms. The molecule has 8 nitrogen and oxygen atoms in total. The van der Waals surface area contributed by atoms with Gasteiger partial charge < -0.3 is 19.4 Å².